The van der Waals surface area contributed by atoms with Crippen molar-refractivity contribution in [1.82, 2.24) is 15.2 Å². The molecule has 2 rings (SSSR count). The van der Waals surface area contributed by atoms with Gasteiger partial charge in [0.05, 0.1) is 16.7 Å². The Bertz CT molecular complexity index is 510. The predicted octanol–water partition coefficient (Wildman–Crippen LogP) is 2.13. The van der Waals surface area contributed by atoms with E-state index < -0.39 is 5.60 Å². The van der Waals surface area contributed by atoms with E-state index in [-0.39, 0.29) is 11.9 Å². The van der Waals surface area contributed by atoms with Crippen LogP contribution >= 0.6 is 11.3 Å². The summed E-state index contributed by atoms with van der Waals surface area (Å²) in [5, 5.41) is 16.8. The second-order valence-corrected chi connectivity index (χ2v) is 7.58. The van der Waals surface area contributed by atoms with Gasteiger partial charge >= 0.3 is 0 Å². The third-order valence-corrected chi connectivity index (χ3v) is 5.60. The number of likely N-dealkylation sites (tertiary alicyclic amines) is 1. The number of thiazole rings is 1. The number of aliphatic hydroxyl groups is 1. The number of aryl methyl sites for hydroxylation is 1. The van der Waals surface area contributed by atoms with Gasteiger partial charge in [0.25, 0.3) is 0 Å². The summed E-state index contributed by atoms with van der Waals surface area (Å²) in [6, 6.07) is -0.126. The highest BCUT2D eigenvalue weighted by atomic mass is 32.1. The molecule has 130 valence electrons. The molecule has 2 N–H and O–H groups in total. The van der Waals surface area contributed by atoms with Gasteiger partial charge in [0.1, 0.15) is 0 Å². The average Bonchev–Trinajstić information content (AvgIpc) is 2.92. The van der Waals surface area contributed by atoms with Crippen LogP contribution in [0.3, 0.4) is 0 Å². The Hall–Kier alpha value is -0.980. The topological polar surface area (TPSA) is 65.5 Å². The first-order valence-electron chi connectivity index (χ1n) is 8.58. The fraction of sp³-hybridized carbons (Fsp3) is 0.765. The van der Waals surface area contributed by atoms with Gasteiger partial charge in [0, 0.05) is 37.1 Å². The highest BCUT2D eigenvalue weighted by Gasteiger charge is 2.35. The Balaban J connectivity index is 1.81. The lowest BCUT2D eigenvalue weighted by Crippen LogP contribution is -2.52. The van der Waals surface area contributed by atoms with Crippen molar-refractivity contribution in [3.63, 3.8) is 0 Å². The van der Waals surface area contributed by atoms with Crippen LogP contribution in [-0.2, 0) is 11.2 Å². The van der Waals surface area contributed by atoms with Crippen molar-refractivity contribution < 1.29 is 9.90 Å². The maximum absolute atomic E-state index is 12.1. The summed E-state index contributed by atoms with van der Waals surface area (Å²) in [6.45, 7) is 8.31. The molecule has 2 heterocycles. The lowest BCUT2D eigenvalue weighted by Gasteiger charge is -2.40. The highest BCUT2D eigenvalue weighted by molar-refractivity contribution is 7.09. The number of unbranched alkanes of at least 4 members (excludes halogenated alkanes) is 1. The molecule has 1 aliphatic heterocycles. The molecule has 0 bridgehead atoms. The van der Waals surface area contributed by atoms with Crippen LogP contribution in [0.25, 0.3) is 0 Å². The molecule has 1 aromatic heterocycles. The van der Waals surface area contributed by atoms with Crippen molar-refractivity contribution in [1.29, 1.82) is 0 Å². The maximum Gasteiger partial charge on any atom is 0.237 e. The molecule has 5 nitrogen and oxygen atoms in total. The van der Waals surface area contributed by atoms with E-state index >= 15 is 0 Å². The Kier molecular flexibility index (Phi) is 6.56. The zero-order chi connectivity index (χ0) is 16.9. The summed E-state index contributed by atoms with van der Waals surface area (Å²) in [7, 11) is 0. The monoisotopic (exact) mass is 339 g/mol. The van der Waals surface area contributed by atoms with Gasteiger partial charge in [-0.15, -0.1) is 11.3 Å². The number of piperidine rings is 1. The molecule has 0 spiro atoms. The first-order chi connectivity index (χ1) is 10.9. The smallest absolute Gasteiger partial charge is 0.237 e. The highest BCUT2D eigenvalue weighted by Crippen LogP contribution is 2.28. The minimum absolute atomic E-state index is 0.0967. The summed E-state index contributed by atoms with van der Waals surface area (Å²) in [4.78, 5) is 18.8. The van der Waals surface area contributed by atoms with Gasteiger partial charge in [-0.1, -0.05) is 13.3 Å². The number of nitrogens with zero attached hydrogens (tertiary/aromatic N) is 2. The SMILES string of the molecule is CCCCNC(=O)C(C)N1CCC(O)(Cc2nc(C)cs2)CC1. The first-order valence-corrected chi connectivity index (χ1v) is 9.46. The van der Waals surface area contributed by atoms with E-state index in [2.05, 4.69) is 22.1 Å². The van der Waals surface area contributed by atoms with Gasteiger partial charge < -0.3 is 10.4 Å². The quantitative estimate of drug-likeness (QED) is 0.747. The van der Waals surface area contributed by atoms with E-state index in [1.54, 1.807) is 11.3 Å². The Labute approximate surface area is 143 Å². The molecule has 1 atom stereocenters. The second-order valence-electron chi connectivity index (χ2n) is 6.64. The molecule has 0 aliphatic carbocycles. The molecule has 1 unspecified atom stereocenters. The molecule has 1 fully saturated rings. The molecule has 1 aromatic rings. The van der Waals surface area contributed by atoms with Crippen molar-refractivity contribution in [3.05, 3.63) is 16.1 Å². The molecule has 23 heavy (non-hydrogen) atoms. The number of carbonyl (C=O) groups excluding carboxylic acids is 1. The summed E-state index contributed by atoms with van der Waals surface area (Å²) in [5.41, 5.74) is 0.336. The van der Waals surface area contributed by atoms with Gasteiger partial charge in [0.15, 0.2) is 0 Å². The predicted molar refractivity (Wildman–Crippen MR) is 93.7 cm³/mol. The van der Waals surface area contributed by atoms with Crippen LogP contribution in [0, 0.1) is 6.92 Å². The molecule has 6 heteroatoms. The molecular formula is C17H29N3O2S. The standard InChI is InChI=1S/C17H29N3O2S/c1-4-5-8-18-16(21)14(3)20-9-6-17(22,7-10-20)11-15-19-13(2)12-23-15/h12,14,22H,4-11H2,1-3H3,(H,18,21). The Morgan fingerprint density at radius 1 is 1.52 bits per heavy atom. The van der Waals surface area contributed by atoms with Gasteiger partial charge in [-0.25, -0.2) is 4.98 Å². The summed E-state index contributed by atoms with van der Waals surface area (Å²) < 4.78 is 0. The minimum atomic E-state index is -0.681. The van der Waals surface area contributed by atoms with E-state index in [9.17, 15) is 9.90 Å². The number of carbonyl (C=O) groups is 1. The molecule has 0 aromatic carbocycles. The van der Waals surface area contributed by atoms with Crippen molar-refractivity contribution in [2.45, 2.75) is 64.5 Å². The van der Waals surface area contributed by atoms with Crippen LogP contribution in [0.1, 0.15) is 50.2 Å². The summed E-state index contributed by atoms with van der Waals surface area (Å²) in [5.74, 6) is 0.0967. The maximum atomic E-state index is 12.1. The van der Waals surface area contributed by atoms with Crippen molar-refractivity contribution in [2.75, 3.05) is 19.6 Å². The lowest BCUT2D eigenvalue weighted by atomic mass is 9.88. The van der Waals surface area contributed by atoms with Crippen LogP contribution in [0.15, 0.2) is 5.38 Å². The number of nitrogens with one attached hydrogen (secondary N) is 1. The fourth-order valence-corrected chi connectivity index (χ4v) is 3.88. The largest absolute Gasteiger partial charge is 0.389 e. The van der Waals surface area contributed by atoms with Crippen LogP contribution in [0.5, 0.6) is 0 Å². The lowest BCUT2D eigenvalue weighted by molar-refractivity contribution is -0.127. The average molecular weight is 340 g/mol. The molecular weight excluding hydrogens is 310 g/mol. The van der Waals surface area contributed by atoms with Crippen LogP contribution in [-0.4, -0.2) is 52.2 Å². The van der Waals surface area contributed by atoms with Gasteiger partial charge in [-0.05, 0) is 33.1 Å². The van der Waals surface area contributed by atoms with Crippen molar-refractivity contribution in [2.24, 2.45) is 0 Å². The van der Waals surface area contributed by atoms with E-state index in [1.807, 2.05) is 19.2 Å². The zero-order valence-electron chi connectivity index (χ0n) is 14.5. The number of aromatic nitrogens is 1. The number of rotatable bonds is 7. The zero-order valence-corrected chi connectivity index (χ0v) is 15.3. The van der Waals surface area contributed by atoms with Crippen LogP contribution in [0.2, 0.25) is 0 Å². The van der Waals surface area contributed by atoms with E-state index in [0.29, 0.717) is 19.3 Å². The molecule has 0 radical (unpaired) electrons. The van der Waals surface area contributed by atoms with Gasteiger partial charge in [-0.3, -0.25) is 9.69 Å². The number of hydrogen-bond donors (Lipinski definition) is 2. The molecule has 1 saturated heterocycles. The Morgan fingerprint density at radius 3 is 2.78 bits per heavy atom. The molecule has 1 aliphatic rings. The minimum Gasteiger partial charge on any atom is -0.389 e. The fourth-order valence-electron chi connectivity index (χ4n) is 2.97. The van der Waals surface area contributed by atoms with E-state index in [1.165, 1.54) is 0 Å². The van der Waals surface area contributed by atoms with Crippen molar-refractivity contribution >= 4 is 17.2 Å². The third-order valence-electron chi connectivity index (χ3n) is 4.63. The van der Waals surface area contributed by atoms with Crippen LogP contribution < -0.4 is 5.32 Å². The number of amides is 1. The summed E-state index contributed by atoms with van der Waals surface area (Å²) in [6.07, 6.45) is 4.11. The van der Waals surface area contributed by atoms with Crippen molar-refractivity contribution in [3.8, 4) is 0 Å². The molecule has 0 saturated carbocycles. The van der Waals surface area contributed by atoms with E-state index in [0.717, 1.165) is 43.2 Å². The van der Waals surface area contributed by atoms with Crippen LogP contribution in [0.4, 0.5) is 0 Å². The van der Waals surface area contributed by atoms with Gasteiger partial charge in [0.2, 0.25) is 5.91 Å². The first kappa shape index (κ1) is 18.4. The molecule has 1 amide bonds. The van der Waals surface area contributed by atoms with Gasteiger partial charge in [-0.2, -0.15) is 0 Å². The van der Waals surface area contributed by atoms with E-state index in [4.69, 9.17) is 0 Å². The number of hydrogen-bond acceptors (Lipinski definition) is 5. The second kappa shape index (κ2) is 8.22. The normalized spacial score (nSPS) is 19.5. The summed E-state index contributed by atoms with van der Waals surface area (Å²) >= 11 is 1.62. The third kappa shape index (κ3) is 5.26. The Morgan fingerprint density at radius 2 is 2.22 bits per heavy atom.